The first-order valence-corrected chi connectivity index (χ1v) is 7.77. The van der Waals surface area contributed by atoms with Gasteiger partial charge in [0, 0.05) is 16.5 Å². The van der Waals surface area contributed by atoms with Crippen LogP contribution in [0.2, 0.25) is 5.02 Å². The summed E-state index contributed by atoms with van der Waals surface area (Å²) in [5.74, 6) is 0. The highest BCUT2D eigenvalue weighted by Gasteiger charge is 2.17. The maximum Gasteiger partial charge on any atom is 0.297 e. The van der Waals surface area contributed by atoms with Crippen LogP contribution in [0.3, 0.4) is 0 Å². The van der Waals surface area contributed by atoms with Gasteiger partial charge in [0.2, 0.25) is 0 Å². The first kappa shape index (κ1) is 14.0. The second-order valence-electron chi connectivity index (χ2n) is 5.31. The molecule has 3 aromatic carbocycles. The number of rotatable bonds is 3. The molecule has 4 rings (SSSR count). The number of fused-ring (bicyclic) bond motifs is 3. The van der Waals surface area contributed by atoms with Gasteiger partial charge in [-0.05, 0) is 23.8 Å². The summed E-state index contributed by atoms with van der Waals surface area (Å²) in [4.78, 5) is 7.50. The molecule has 1 heterocycles. The van der Waals surface area contributed by atoms with Gasteiger partial charge >= 0.3 is 0 Å². The van der Waals surface area contributed by atoms with Crippen LogP contribution >= 0.6 is 11.6 Å². The fourth-order valence-corrected chi connectivity index (χ4v) is 2.81. The molecular formula is C19H14ClN2O+. The molecule has 0 aliphatic rings. The first-order valence-electron chi connectivity index (χ1n) is 7.39. The summed E-state index contributed by atoms with van der Waals surface area (Å²) in [6, 6.07) is 23.7. The van der Waals surface area contributed by atoms with E-state index in [2.05, 4.69) is 5.10 Å². The van der Waals surface area contributed by atoms with Gasteiger partial charge in [-0.2, -0.15) is 0 Å². The minimum absolute atomic E-state index is 0.453. The monoisotopic (exact) mass is 321 g/mol. The third kappa shape index (κ3) is 2.71. The van der Waals surface area contributed by atoms with E-state index in [4.69, 9.17) is 16.4 Å². The Bertz CT molecular complexity index is 986. The van der Waals surface area contributed by atoms with Crippen LogP contribution in [0.15, 0.2) is 72.8 Å². The van der Waals surface area contributed by atoms with Crippen molar-refractivity contribution < 1.29 is 9.68 Å². The molecule has 0 N–H and O–H groups in total. The fraction of sp³-hybridized carbons (Fsp3) is 0.0526. The van der Waals surface area contributed by atoms with Gasteiger partial charge in [0.25, 0.3) is 5.52 Å². The molecule has 0 aliphatic heterocycles. The molecule has 4 aromatic rings. The van der Waals surface area contributed by atoms with Gasteiger partial charge in [0.15, 0.2) is 6.61 Å². The summed E-state index contributed by atoms with van der Waals surface area (Å²) in [5, 5.41) is 7.38. The molecule has 0 radical (unpaired) electrons. The normalized spacial score (nSPS) is 11.0. The van der Waals surface area contributed by atoms with Crippen molar-refractivity contribution in [3.8, 4) is 0 Å². The molecule has 0 fully saturated rings. The van der Waals surface area contributed by atoms with Crippen LogP contribution in [0.4, 0.5) is 0 Å². The Balaban J connectivity index is 1.84. The van der Waals surface area contributed by atoms with Crippen molar-refractivity contribution in [1.82, 2.24) is 5.10 Å². The van der Waals surface area contributed by atoms with Crippen molar-refractivity contribution in [3.63, 3.8) is 0 Å². The SMILES string of the molecule is Clc1ccc2c(c1)c1ccccc1n[n+]2OCc1ccccc1. The van der Waals surface area contributed by atoms with Crippen molar-refractivity contribution in [3.05, 3.63) is 83.4 Å². The van der Waals surface area contributed by atoms with Crippen LogP contribution in [-0.2, 0) is 6.61 Å². The van der Waals surface area contributed by atoms with Crippen LogP contribution in [-0.4, -0.2) is 5.10 Å². The lowest BCUT2D eigenvalue weighted by atomic mass is 10.1. The number of nitrogens with zero attached hydrogens (tertiary/aromatic N) is 2. The quantitative estimate of drug-likeness (QED) is 0.422. The van der Waals surface area contributed by atoms with E-state index in [0.29, 0.717) is 11.6 Å². The molecule has 3 nitrogen and oxygen atoms in total. The highest BCUT2D eigenvalue weighted by molar-refractivity contribution is 6.31. The first-order chi connectivity index (χ1) is 11.3. The number of hydrogen-bond donors (Lipinski definition) is 0. The van der Waals surface area contributed by atoms with E-state index < -0.39 is 0 Å². The van der Waals surface area contributed by atoms with E-state index in [0.717, 1.165) is 27.4 Å². The van der Waals surface area contributed by atoms with Crippen molar-refractivity contribution in [2.24, 2.45) is 0 Å². The van der Waals surface area contributed by atoms with E-state index in [1.54, 1.807) is 4.85 Å². The summed E-state index contributed by atoms with van der Waals surface area (Å²) in [6.45, 7) is 0.453. The third-order valence-electron chi connectivity index (χ3n) is 3.75. The predicted molar refractivity (Wildman–Crippen MR) is 91.2 cm³/mol. The molecule has 0 saturated carbocycles. The Kier molecular flexibility index (Phi) is 3.56. The van der Waals surface area contributed by atoms with Gasteiger partial charge in [-0.1, -0.05) is 60.1 Å². The number of hydrogen-bond acceptors (Lipinski definition) is 2. The Morgan fingerprint density at radius 1 is 0.870 bits per heavy atom. The standard InChI is InChI=1S/C19H14ClN2O/c20-15-10-11-19-17(12-15)16-8-4-5-9-18(16)21-22(19)23-13-14-6-2-1-3-7-14/h1-12H,13H2/q+1. The molecule has 0 amide bonds. The van der Waals surface area contributed by atoms with Crippen molar-refractivity contribution >= 4 is 33.4 Å². The number of halogens is 1. The van der Waals surface area contributed by atoms with Gasteiger partial charge in [0.1, 0.15) is 10.4 Å². The maximum absolute atomic E-state index is 6.17. The second kappa shape index (κ2) is 5.86. The molecule has 1 aromatic heterocycles. The summed E-state index contributed by atoms with van der Waals surface area (Å²) < 4.78 is 0. The summed E-state index contributed by atoms with van der Waals surface area (Å²) in [6.07, 6.45) is 0. The van der Waals surface area contributed by atoms with Crippen molar-refractivity contribution in [2.45, 2.75) is 6.61 Å². The molecule has 0 saturated heterocycles. The highest BCUT2D eigenvalue weighted by Crippen LogP contribution is 2.23. The zero-order valence-corrected chi connectivity index (χ0v) is 13.1. The van der Waals surface area contributed by atoms with E-state index in [1.165, 1.54) is 0 Å². The Morgan fingerprint density at radius 3 is 2.52 bits per heavy atom. The molecule has 4 heteroatoms. The lowest BCUT2D eigenvalue weighted by molar-refractivity contribution is -0.918. The molecular weight excluding hydrogens is 308 g/mol. The smallest absolute Gasteiger partial charge is 0.240 e. The minimum Gasteiger partial charge on any atom is -0.240 e. The van der Waals surface area contributed by atoms with Crippen LogP contribution < -0.4 is 9.68 Å². The van der Waals surface area contributed by atoms with E-state index in [1.807, 2.05) is 72.8 Å². The highest BCUT2D eigenvalue weighted by atomic mass is 35.5. The second-order valence-corrected chi connectivity index (χ2v) is 5.75. The van der Waals surface area contributed by atoms with Crippen LogP contribution in [0, 0.1) is 0 Å². The van der Waals surface area contributed by atoms with Gasteiger partial charge in [-0.25, -0.2) is 4.84 Å². The largest absolute Gasteiger partial charge is 0.297 e. The maximum atomic E-state index is 6.17. The zero-order chi connectivity index (χ0) is 15.6. The summed E-state index contributed by atoms with van der Waals surface area (Å²) in [5.41, 5.74) is 2.86. The summed E-state index contributed by atoms with van der Waals surface area (Å²) in [7, 11) is 0. The molecule has 112 valence electrons. The Labute approximate surface area is 138 Å². The zero-order valence-electron chi connectivity index (χ0n) is 12.3. The number of aromatic nitrogens is 2. The average molecular weight is 322 g/mol. The van der Waals surface area contributed by atoms with Gasteiger partial charge in [-0.15, -0.1) is 0 Å². The predicted octanol–water partition coefficient (Wildman–Crippen LogP) is 3.96. The van der Waals surface area contributed by atoms with Gasteiger partial charge < -0.3 is 0 Å². The van der Waals surface area contributed by atoms with Crippen molar-refractivity contribution in [1.29, 1.82) is 0 Å². The van der Waals surface area contributed by atoms with Crippen LogP contribution in [0.5, 0.6) is 0 Å². The van der Waals surface area contributed by atoms with E-state index in [9.17, 15) is 0 Å². The van der Waals surface area contributed by atoms with Gasteiger partial charge in [-0.3, -0.25) is 0 Å². The summed E-state index contributed by atoms with van der Waals surface area (Å²) >= 11 is 6.17. The van der Waals surface area contributed by atoms with Gasteiger partial charge in [0.05, 0.1) is 10.5 Å². The molecule has 0 atom stereocenters. The average Bonchev–Trinajstić information content (AvgIpc) is 2.60. The Morgan fingerprint density at radius 2 is 1.65 bits per heavy atom. The molecule has 23 heavy (non-hydrogen) atoms. The lowest BCUT2D eigenvalue weighted by Crippen LogP contribution is -2.46. The van der Waals surface area contributed by atoms with E-state index in [-0.39, 0.29) is 0 Å². The molecule has 0 bridgehead atoms. The lowest BCUT2D eigenvalue weighted by Gasteiger charge is -2.03. The minimum atomic E-state index is 0.453. The van der Waals surface area contributed by atoms with Crippen LogP contribution in [0.25, 0.3) is 21.8 Å². The molecule has 0 spiro atoms. The topological polar surface area (TPSA) is 26.0 Å². The fourth-order valence-electron chi connectivity index (χ4n) is 2.64. The van der Waals surface area contributed by atoms with Crippen LogP contribution in [0.1, 0.15) is 5.56 Å². The molecule has 0 aliphatic carbocycles. The van der Waals surface area contributed by atoms with Crippen molar-refractivity contribution in [2.75, 3.05) is 0 Å². The van der Waals surface area contributed by atoms with E-state index >= 15 is 0 Å². The Hall–Kier alpha value is -2.65. The third-order valence-corrected chi connectivity index (χ3v) is 3.99. The molecule has 0 unspecified atom stereocenters. The number of benzene rings is 3.